The smallest absolute Gasteiger partial charge is 0.0916 e. The molecule has 0 aromatic heterocycles. The van der Waals surface area contributed by atoms with Crippen LogP contribution < -0.4 is 12.4 Å². The molecule has 1 saturated heterocycles. The van der Waals surface area contributed by atoms with Crippen LogP contribution in [0, 0.1) is 0 Å². The number of piperazine rings is 1. The fourth-order valence-electron chi connectivity index (χ4n) is 2.18. The third kappa shape index (κ3) is 3.76. The van der Waals surface area contributed by atoms with Gasteiger partial charge < -0.3 is 16.9 Å². The van der Waals surface area contributed by atoms with Crippen LogP contribution in [0.15, 0.2) is 0 Å². The lowest BCUT2D eigenvalue weighted by Gasteiger charge is -2.43. The number of hydrogen-bond donors (Lipinski definition) is 0. The van der Waals surface area contributed by atoms with Crippen LogP contribution in [0.2, 0.25) is 0 Å². The molecule has 0 saturated carbocycles. The van der Waals surface area contributed by atoms with E-state index in [0.717, 1.165) is 0 Å². The molecule has 1 aliphatic rings. The molecule has 1 fully saturated rings. The average Bonchev–Trinajstić information content (AvgIpc) is 2.18. The van der Waals surface area contributed by atoms with Crippen LogP contribution in [0.4, 0.5) is 0 Å². The molecule has 1 aliphatic heterocycles. The molecule has 0 radical (unpaired) electrons. The Balaban J connectivity index is 0.00000169. The van der Waals surface area contributed by atoms with Gasteiger partial charge in [0, 0.05) is 13.1 Å². The fraction of sp³-hybridized carbons (Fsp3) is 1.00. The van der Waals surface area contributed by atoms with E-state index in [1.165, 1.54) is 56.6 Å². The molecule has 0 atom stereocenters. The lowest BCUT2D eigenvalue weighted by Crippen LogP contribution is -3.00. The summed E-state index contributed by atoms with van der Waals surface area (Å²) in [5.74, 6) is 0. The summed E-state index contributed by atoms with van der Waals surface area (Å²) in [6, 6.07) is 0. The molecular weight excluding hydrogens is 196 g/mol. The Hall–Kier alpha value is 0.210. The van der Waals surface area contributed by atoms with Crippen LogP contribution in [-0.2, 0) is 0 Å². The summed E-state index contributed by atoms with van der Waals surface area (Å²) in [7, 11) is 2.24. The summed E-state index contributed by atoms with van der Waals surface area (Å²) < 4.78 is 1.37. The van der Waals surface area contributed by atoms with Crippen LogP contribution in [0.5, 0.6) is 0 Å². The first-order chi connectivity index (χ1) is 6.22. The Labute approximate surface area is 95.3 Å². The predicted molar refractivity (Wildman–Crippen MR) is 57.8 cm³/mol. The lowest BCUT2D eigenvalue weighted by atomic mass is 10.2. The van der Waals surface area contributed by atoms with Crippen molar-refractivity contribution in [2.24, 2.45) is 0 Å². The topological polar surface area (TPSA) is 3.24 Å². The lowest BCUT2D eigenvalue weighted by molar-refractivity contribution is -0.930. The Morgan fingerprint density at radius 2 is 1.71 bits per heavy atom. The Bertz CT molecular complexity index is 137. The van der Waals surface area contributed by atoms with Gasteiger partial charge in [0.2, 0.25) is 0 Å². The third-order valence-electron chi connectivity index (χ3n) is 3.57. The van der Waals surface area contributed by atoms with E-state index in [4.69, 9.17) is 0 Å². The molecular formula is C11H25ClN2. The number of unbranched alkanes of at least 4 members (excludes halogenated alkanes) is 1. The quantitative estimate of drug-likeness (QED) is 0.526. The van der Waals surface area contributed by atoms with Gasteiger partial charge in [0.1, 0.15) is 0 Å². The van der Waals surface area contributed by atoms with E-state index in [1.54, 1.807) is 0 Å². The number of hydrogen-bond acceptors (Lipinski definition) is 1. The summed E-state index contributed by atoms with van der Waals surface area (Å²) in [5, 5.41) is 0. The third-order valence-corrected chi connectivity index (χ3v) is 3.57. The first-order valence-corrected chi connectivity index (χ1v) is 5.76. The Morgan fingerprint density at radius 3 is 2.14 bits per heavy atom. The van der Waals surface area contributed by atoms with Gasteiger partial charge in [0.05, 0.1) is 26.2 Å². The standard InChI is InChI=1S/C11H25N2.ClH/c1-4-6-9-13(5-2)10-7-12(3)8-11-13;/h4-11H2,1-3H3;1H/q+1;/p-1. The molecule has 1 rings (SSSR count). The predicted octanol–water partition coefficient (Wildman–Crippen LogP) is -1.43. The highest BCUT2D eigenvalue weighted by Gasteiger charge is 2.28. The minimum atomic E-state index is 0. The van der Waals surface area contributed by atoms with Crippen molar-refractivity contribution in [3.8, 4) is 0 Å². The largest absolute Gasteiger partial charge is 1.00 e. The first kappa shape index (κ1) is 14.2. The van der Waals surface area contributed by atoms with E-state index < -0.39 is 0 Å². The van der Waals surface area contributed by atoms with Gasteiger partial charge in [-0.25, -0.2) is 0 Å². The van der Waals surface area contributed by atoms with Gasteiger partial charge in [0.15, 0.2) is 0 Å². The van der Waals surface area contributed by atoms with Gasteiger partial charge in [-0.3, -0.25) is 4.90 Å². The number of nitrogens with zero attached hydrogens (tertiary/aromatic N) is 2. The highest BCUT2D eigenvalue weighted by molar-refractivity contribution is 4.59. The van der Waals surface area contributed by atoms with Gasteiger partial charge in [-0.2, -0.15) is 0 Å². The fourth-order valence-corrected chi connectivity index (χ4v) is 2.18. The Morgan fingerprint density at radius 1 is 1.14 bits per heavy atom. The van der Waals surface area contributed by atoms with Crippen LogP contribution in [-0.4, -0.2) is 55.7 Å². The molecule has 2 nitrogen and oxygen atoms in total. The normalized spacial score (nSPS) is 21.6. The zero-order valence-electron chi connectivity index (χ0n) is 9.93. The van der Waals surface area contributed by atoms with Crippen LogP contribution in [0.1, 0.15) is 26.7 Å². The molecule has 0 amide bonds. The minimum absolute atomic E-state index is 0. The number of likely N-dealkylation sites (N-methyl/N-ethyl adjacent to an activating group) is 2. The molecule has 14 heavy (non-hydrogen) atoms. The van der Waals surface area contributed by atoms with Crippen molar-refractivity contribution in [3.05, 3.63) is 0 Å². The molecule has 0 bridgehead atoms. The van der Waals surface area contributed by atoms with Crippen LogP contribution in [0.3, 0.4) is 0 Å². The zero-order chi connectivity index (χ0) is 9.73. The van der Waals surface area contributed by atoms with Crippen LogP contribution in [0.25, 0.3) is 0 Å². The van der Waals surface area contributed by atoms with E-state index in [2.05, 4.69) is 25.8 Å². The van der Waals surface area contributed by atoms with Gasteiger partial charge in [-0.1, -0.05) is 13.3 Å². The molecule has 1 heterocycles. The molecule has 86 valence electrons. The molecule has 0 spiro atoms. The van der Waals surface area contributed by atoms with Crippen LogP contribution >= 0.6 is 0 Å². The molecule has 0 unspecified atom stereocenters. The average molecular weight is 221 g/mol. The van der Waals surface area contributed by atoms with Crippen molar-refractivity contribution in [1.29, 1.82) is 0 Å². The SMILES string of the molecule is CCCC[N+]1(CC)CCN(C)CC1.[Cl-]. The van der Waals surface area contributed by atoms with Gasteiger partial charge in [-0.15, -0.1) is 0 Å². The summed E-state index contributed by atoms with van der Waals surface area (Å²) in [4.78, 5) is 2.46. The molecule has 3 heteroatoms. The van der Waals surface area contributed by atoms with Crippen molar-refractivity contribution in [2.45, 2.75) is 26.7 Å². The van der Waals surface area contributed by atoms with E-state index in [9.17, 15) is 0 Å². The minimum Gasteiger partial charge on any atom is -1.00 e. The van der Waals surface area contributed by atoms with E-state index >= 15 is 0 Å². The monoisotopic (exact) mass is 220 g/mol. The highest BCUT2D eigenvalue weighted by atomic mass is 35.5. The van der Waals surface area contributed by atoms with Crippen molar-refractivity contribution in [3.63, 3.8) is 0 Å². The second-order valence-corrected chi connectivity index (χ2v) is 4.49. The van der Waals surface area contributed by atoms with Crippen molar-refractivity contribution in [1.82, 2.24) is 4.90 Å². The van der Waals surface area contributed by atoms with Crippen molar-refractivity contribution < 1.29 is 16.9 Å². The van der Waals surface area contributed by atoms with E-state index in [-0.39, 0.29) is 12.4 Å². The van der Waals surface area contributed by atoms with Gasteiger partial charge >= 0.3 is 0 Å². The van der Waals surface area contributed by atoms with Gasteiger partial charge in [-0.05, 0) is 20.4 Å². The molecule has 0 aromatic rings. The van der Waals surface area contributed by atoms with E-state index in [0.29, 0.717) is 0 Å². The maximum Gasteiger partial charge on any atom is 0.0916 e. The maximum atomic E-state index is 2.46. The summed E-state index contributed by atoms with van der Waals surface area (Å²) >= 11 is 0. The maximum absolute atomic E-state index is 2.46. The summed E-state index contributed by atoms with van der Waals surface area (Å²) in [5.41, 5.74) is 0. The van der Waals surface area contributed by atoms with Crippen molar-refractivity contribution in [2.75, 3.05) is 46.3 Å². The molecule has 0 aliphatic carbocycles. The first-order valence-electron chi connectivity index (χ1n) is 5.76. The summed E-state index contributed by atoms with van der Waals surface area (Å²) in [6.45, 7) is 12.7. The van der Waals surface area contributed by atoms with E-state index in [1.807, 2.05) is 0 Å². The summed E-state index contributed by atoms with van der Waals surface area (Å²) in [6.07, 6.45) is 2.74. The second kappa shape index (κ2) is 6.65. The zero-order valence-corrected chi connectivity index (χ0v) is 10.7. The molecule has 0 N–H and O–H groups in total. The molecule has 0 aromatic carbocycles. The second-order valence-electron chi connectivity index (χ2n) is 4.49. The highest BCUT2D eigenvalue weighted by Crippen LogP contribution is 2.13. The number of quaternary nitrogens is 1. The number of rotatable bonds is 4. The number of halogens is 1. The van der Waals surface area contributed by atoms with Gasteiger partial charge in [0.25, 0.3) is 0 Å². The van der Waals surface area contributed by atoms with Crippen molar-refractivity contribution >= 4 is 0 Å². The Kier molecular flexibility index (Phi) is 6.75.